The molecule has 1 aliphatic heterocycles. The Balaban J connectivity index is 1.38. The molecule has 0 saturated carbocycles. The minimum absolute atomic E-state index is 0.178. The number of aryl methyl sites for hydroxylation is 1. The minimum Gasteiger partial charge on any atom is -0.444 e. The largest absolute Gasteiger partial charge is 0.444 e. The lowest BCUT2D eigenvalue weighted by molar-refractivity contribution is 0.0224. The molecule has 0 atom stereocenters. The van der Waals surface area contributed by atoms with Crippen LogP contribution < -0.4 is 5.32 Å². The van der Waals surface area contributed by atoms with E-state index < -0.39 is 5.60 Å². The van der Waals surface area contributed by atoms with Crippen molar-refractivity contribution >= 4 is 17.7 Å². The van der Waals surface area contributed by atoms with Gasteiger partial charge in [-0.3, -0.25) is 9.48 Å². The Hall–Kier alpha value is -3.61. The van der Waals surface area contributed by atoms with Crippen molar-refractivity contribution in [3.63, 3.8) is 0 Å². The molecule has 33 heavy (non-hydrogen) atoms. The van der Waals surface area contributed by atoms with E-state index >= 15 is 0 Å². The van der Waals surface area contributed by atoms with Crippen molar-refractivity contribution in [3.8, 4) is 0 Å². The summed E-state index contributed by atoms with van der Waals surface area (Å²) >= 11 is 0. The summed E-state index contributed by atoms with van der Waals surface area (Å²) in [4.78, 5) is 26.9. The summed E-state index contributed by atoms with van der Waals surface area (Å²) in [5.74, 6) is -0.178. The highest BCUT2D eigenvalue weighted by atomic mass is 16.6. The molecule has 2 heterocycles. The first-order valence-corrected chi connectivity index (χ1v) is 11.2. The van der Waals surface area contributed by atoms with Gasteiger partial charge in [-0.15, -0.1) is 0 Å². The van der Waals surface area contributed by atoms with Gasteiger partial charge in [0.15, 0.2) is 0 Å². The molecule has 1 aliphatic rings. The molecule has 7 nitrogen and oxygen atoms in total. The third kappa shape index (κ3) is 5.80. The van der Waals surface area contributed by atoms with E-state index in [1.807, 2.05) is 39.1 Å². The number of anilines is 1. The van der Waals surface area contributed by atoms with E-state index in [4.69, 9.17) is 4.74 Å². The second-order valence-electron chi connectivity index (χ2n) is 9.50. The average molecular weight is 447 g/mol. The van der Waals surface area contributed by atoms with Crippen LogP contribution in [0.5, 0.6) is 0 Å². The summed E-state index contributed by atoms with van der Waals surface area (Å²) in [6.45, 7) is 9.34. The normalized spacial score (nSPS) is 13.4. The molecule has 0 aliphatic carbocycles. The van der Waals surface area contributed by atoms with E-state index in [0.717, 1.165) is 16.7 Å². The molecule has 1 aromatic heterocycles. The molecular weight excluding hydrogens is 416 g/mol. The van der Waals surface area contributed by atoms with Gasteiger partial charge in [-0.2, -0.15) is 5.10 Å². The summed E-state index contributed by atoms with van der Waals surface area (Å²) in [6.07, 6.45) is 3.86. The molecule has 0 radical (unpaired) electrons. The Labute approximate surface area is 194 Å². The van der Waals surface area contributed by atoms with Crippen LogP contribution in [0.4, 0.5) is 10.5 Å². The number of benzene rings is 2. The summed E-state index contributed by atoms with van der Waals surface area (Å²) in [6, 6.07) is 13.9. The third-order valence-corrected chi connectivity index (χ3v) is 5.49. The van der Waals surface area contributed by atoms with Gasteiger partial charge in [0.25, 0.3) is 5.91 Å². The van der Waals surface area contributed by atoms with Gasteiger partial charge in [0, 0.05) is 24.8 Å². The lowest BCUT2D eigenvalue weighted by atomic mass is 9.97. The van der Waals surface area contributed by atoms with Crippen LogP contribution in [0.15, 0.2) is 54.9 Å². The topological polar surface area (TPSA) is 76.5 Å². The van der Waals surface area contributed by atoms with E-state index in [2.05, 4.69) is 41.6 Å². The van der Waals surface area contributed by atoms with Crippen LogP contribution in [0.2, 0.25) is 0 Å². The second kappa shape index (κ2) is 9.10. The maximum atomic E-state index is 12.8. The predicted molar refractivity (Wildman–Crippen MR) is 127 cm³/mol. The van der Waals surface area contributed by atoms with Gasteiger partial charge in [0.05, 0.1) is 18.4 Å². The van der Waals surface area contributed by atoms with Gasteiger partial charge < -0.3 is 15.0 Å². The molecular formula is C26H30N4O3. The molecule has 0 bridgehead atoms. The number of hydrogen-bond acceptors (Lipinski definition) is 4. The number of nitrogens with zero attached hydrogens (tertiary/aromatic N) is 3. The molecule has 0 unspecified atom stereocenters. The molecule has 2 amide bonds. The highest BCUT2D eigenvalue weighted by molar-refractivity contribution is 6.04. The summed E-state index contributed by atoms with van der Waals surface area (Å²) < 4.78 is 7.28. The van der Waals surface area contributed by atoms with Crippen LogP contribution >= 0.6 is 0 Å². The fourth-order valence-electron chi connectivity index (χ4n) is 3.77. The lowest BCUT2D eigenvalue weighted by Crippen LogP contribution is -2.39. The van der Waals surface area contributed by atoms with Crippen molar-refractivity contribution in [2.24, 2.45) is 0 Å². The SMILES string of the molecule is Cc1ccc(Cn2cc(NC(=O)c3ccc4c(c3)CCN(C(=O)OC(C)(C)C)C4)cn2)cc1. The van der Waals surface area contributed by atoms with Crippen molar-refractivity contribution < 1.29 is 14.3 Å². The molecule has 2 aromatic carbocycles. The number of fused-ring (bicyclic) bond motifs is 1. The van der Waals surface area contributed by atoms with Gasteiger partial charge >= 0.3 is 6.09 Å². The standard InChI is InChI=1S/C26H30N4O3/c1-18-5-7-19(8-6-18)15-30-17-23(14-27-30)28-24(31)21-9-10-22-16-29(12-11-20(22)13-21)25(32)33-26(2,3)4/h5-10,13-14,17H,11-12,15-16H2,1-4H3,(H,28,31). The number of ether oxygens (including phenoxy) is 1. The average Bonchev–Trinajstić information content (AvgIpc) is 3.20. The molecule has 7 heteroatoms. The number of nitrogens with one attached hydrogen (secondary N) is 1. The van der Waals surface area contributed by atoms with Crippen LogP contribution in [0.1, 0.15) is 53.4 Å². The number of aromatic nitrogens is 2. The van der Waals surface area contributed by atoms with E-state index in [1.165, 1.54) is 5.56 Å². The van der Waals surface area contributed by atoms with Gasteiger partial charge in [-0.25, -0.2) is 4.79 Å². The number of carbonyl (C=O) groups is 2. The monoisotopic (exact) mass is 446 g/mol. The maximum absolute atomic E-state index is 12.8. The zero-order valence-electron chi connectivity index (χ0n) is 19.6. The van der Waals surface area contributed by atoms with Gasteiger partial charge in [0.2, 0.25) is 0 Å². The molecule has 0 spiro atoms. The van der Waals surface area contributed by atoms with E-state index in [0.29, 0.717) is 37.3 Å². The molecule has 3 aromatic rings. The van der Waals surface area contributed by atoms with Crippen molar-refractivity contribution in [3.05, 3.63) is 82.7 Å². The quantitative estimate of drug-likeness (QED) is 0.625. The third-order valence-electron chi connectivity index (χ3n) is 5.49. The fraction of sp³-hybridized carbons (Fsp3) is 0.346. The number of rotatable bonds is 4. The highest BCUT2D eigenvalue weighted by Crippen LogP contribution is 2.23. The highest BCUT2D eigenvalue weighted by Gasteiger charge is 2.26. The van der Waals surface area contributed by atoms with Crippen molar-refractivity contribution in [2.75, 3.05) is 11.9 Å². The van der Waals surface area contributed by atoms with Gasteiger partial charge in [-0.1, -0.05) is 35.9 Å². The van der Waals surface area contributed by atoms with Gasteiger partial charge in [0.1, 0.15) is 5.60 Å². The molecule has 1 N–H and O–H groups in total. The zero-order valence-corrected chi connectivity index (χ0v) is 19.6. The number of hydrogen-bond donors (Lipinski definition) is 1. The zero-order chi connectivity index (χ0) is 23.6. The molecule has 0 fully saturated rings. The van der Waals surface area contributed by atoms with Crippen molar-refractivity contribution in [1.29, 1.82) is 0 Å². The summed E-state index contributed by atoms with van der Waals surface area (Å²) in [5.41, 5.74) is 5.21. The summed E-state index contributed by atoms with van der Waals surface area (Å²) in [5, 5.41) is 7.28. The second-order valence-corrected chi connectivity index (χ2v) is 9.50. The van der Waals surface area contributed by atoms with Crippen LogP contribution in [-0.4, -0.2) is 38.8 Å². The first kappa shape index (κ1) is 22.6. The lowest BCUT2D eigenvalue weighted by Gasteiger charge is -2.31. The Morgan fingerprint density at radius 2 is 1.85 bits per heavy atom. The number of carbonyl (C=O) groups excluding carboxylic acids is 2. The minimum atomic E-state index is -0.521. The molecule has 4 rings (SSSR count). The van der Waals surface area contributed by atoms with E-state index in [1.54, 1.807) is 21.8 Å². The Morgan fingerprint density at radius 3 is 2.58 bits per heavy atom. The first-order valence-electron chi connectivity index (χ1n) is 11.2. The Morgan fingerprint density at radius 1 is 1.09 bits per heavy atom. The number of amides is 2. The van der Waals surface area contributed by atoms with Crippen LogP contribution in [-0.2, 0) is 24.2 Å². The molecule has 172 valence electrons. The first-order chi connectivity index (χ1) is 15.7. The molecule has 0 saturated heterocycles. The maximum Gasteiger partial charge on any atom is 0.410 e. The summed E-state index contributed by atoms with van der Waals surface area (Å²) in [7, 11) is 0. The van der Waals surface area contributed by atoms with Crippen molar-refractivity contribution in [2.45, 2.75) is 52.8 Å². The van der Waals surface area contributed by atoms with Crippen LogP contribution in [0, 0.1) is 6.92 Å². The van der Waals surface area contributed by atoms with Crippen LogP contribution in [0.25, 0.3) is 0 Å². The van der Waals surface area contributed by atoms with Gasteiger partial charge in [-0.05, 0) is 62.9 Å². The Kier molecular flexibility index (Phi) is 6.22. The predicted octanol–water partition coefficient (Wildman–Crippen LogP) is 4.79. The fourth-order valence-corrected chi connectivity index (χ4v) is 3.77. The van der Waals surface area contributed by atoms with Crippen LogP contribution in [0.3, 0.4) is 0 Å². The Bertz CT molecular complexity index is 1160. The van der Waals surface area contributed by atoms with Crippen molar-refractivity contribution in [1.82, 2.24) is 14.7 Å². The smallest absolute Gasteiger partial charge is 0.410 e. The van der Waals surface area contributed by atoms with E-state index in [9.17, 15) is 9.59 Å². The van der Waals surface area contributed by atoms with E-state index in [-0.39, 0.29) is 12.0 Å².